The van der Waals surface area contributed by atoms with Crippen LogP contribution in [0.4, 0.5) is 0 Å². The third kappa shape index (κ3) is 4.57. The van der Waals surface area contributed by atoms with Crippen molar-refractivity contribution in [1.82, 2.24) is 9.62 Å². The summed E-state index contributed by atoms with van der Waals surface area (Å²) in [4.78, 5) is 12.4. The Labute approximate surface area is 139 Å². The normalized spacial score (nSPS) is 23.5. The molecule has 0 aromatic rings. The zero-order valence-corrected chi connectivity index (χ0v) is 14.8. The molecule has 8 heteroatoms. The fourth-order valence-corrected chi connectivity index (χ4v) is 4.33. The van der Waals surface area contributed by atoms with E-state index < -0.39 is 15.6 Å². The lowest BCUT2D eigenvalue weighted by molar-refractivity contribution is -0.128. The van der Waals surface area contributed by atoms with Gasteiger partial charge in [-0.1, -0.05) is 19.3 Å². The highest BCUT2D eigenvalue weighted by atomic mass is 35.5. The number of sulfonamides is 1. The molecule has 1 heterocycles. The van der Waals surface area contributed by atoms with Crippen molar-refractivity contribution in [2.75, 3.05) is 18.8 Å². The van der Waals surface area contributed by atoms with Crippen LogP contribution in [-0.2, 0) is 14.8 Å². The molecule has 2 aliphatic rings. The minimum Gasteiger partial charge on any atom is -0.352 e. The van der Waals surface area contributed by atoms with Crippen LogP contribution in [0.3, 0.4) is 0 Å². The average Bonchev–Trinajstić information content (AvgIpc) is 2.48. The number of nitrogens with zero attached hydrogens (tertiary/aromatic N) is 1. The number of nitrogens with one attached hydrogen (secondary N) is 1. The first-order valence-electron chi connectivity index (χ1n) is 7.95. The second kappa shape index (κ2) is 7.95. The van der Waals surface area contributed by atoms with Crippen LogP contribution < -0.4 is 11.1 Å². The van der Waals surface area contributed by atoms with E-state index in [1.807, 2.05) is 0 Å². The van der Waals surface area contributed by atoms with Crippen molar-refractivity contribution in [3.05, 3.63) is 0 Å². The largest absolute Gasteiger partial charge is 0.352 e. The van der Waals surface area contributed by atoms with Crippen LogP contribution in [-0.4, -0.2) is 49.1 Å². The molecule has 2 rings (SSSR count). The summed E-state index contributed by atoms with van der Waals surface area (Å²) in [6, 6.07) is 0.0446. The van der Waals surface area contributed by atoms with Crippen LogP contribution in [0.1, 0.15) is 51.9 Å². The number of piperidine rings is 1. The van der Waals surface area contributed by atoms with Gasteiger partial charge in [-0.15, -0.1) is 12.4 Å². The highest BCUT2D eigenvalue weighted by Gasteiger charge is 2.37. The lowest BCUT2D eigenvalue weighted by Crippen LogP contribution is -2.58. The molecular formula is C14H28ClN3O3S. The summed E-state index contributed by atoms with van der Waals surface area (Å²) in [7, 11) is -3.11. The summed E-state index contributed by atoms with van der Waals surface area (Å²) >= 11 is 0. The van der Waals surface area contributed by atoms with Gasteiger partial charge in [-0.3, -0.25) is 4.79 Å². The Kier molecular flexibility index (Phi) is 7.11. The van der Waals surface area contributed by atoms with E-state index >= 15 is 0 Å². The van der Waals surface area contributed by atoms with Crippen molar-refractivity contribution in [2.24, 2.45) is 5.73 Å². The predicted octanol–water partition coefficient (Wildman–Crippen LogP) is 1.00. The molecule has 1 saturated heterocycles. The topological polar surface area (TPSA) is 92.5 Å². The van der Waals surface area contributed by atoms with Crippen molar-refractivity contribution in [3.63, 3.8) is 0 Å². The molecule has 0 bridgehead atoms. The van der Waals surface area contributed by atoms with Crippen molar-refractivity contribution in [2.45, 2.75) is 63.5 Å². The number of carbonyl (C=O) groups excluding carboxylic acids is 1. The Morgan fingerprint density at radius 3 is 2.27 bits per heavy atom. The van der Waals surface area contributed by atoms with E-state index in [9.17, 15) is 13.2 Å². The molecule has 6 nitrogen and oxygen atoms in total. The summed E-state index contributed by atoms with van der Waals surface area (Å²) in [5, 5.41) is 3.03. The predicted molar refractivity (Wildman–Crippen MR) is 89.4 cm³/mol. The number of halogens is 1. The average molecular weight is 354 g/mol. The van der Waals surface area contributed by atoms with Crippen molar-refractivity contribution >= 4 is 28.3 Å². The zero-order valence-electron chi connectivity index (χ0n) is 13.2. The number of amides is 1. The summed E-state index contributed by atoms with van der Waals surface area (Å²) in [6.07, 6.45) is 6.01. The van der Waals surface area contributed by atoms with Gasteiger partial charge in [-0.25, -0.2) is 12.7 Å². The van der Waals surface area contributed by atoms with Gasteiger partial charge in [0.1, 0.15) is 0 Å². The maximum atomic E-state index is 12.4. The number of hydrogen-bond donors (Lipinski definition) is 2. The Morgan fingerprint density at radius 2 is 1.77 bits per heavy atom. The molecule has 2 fully saturated rings. The maximum Gasteiger partial charge on any atom is 0.240 e. The third-order valence-electron chi connectivity index (χ3n) is 4.75. The molecule has 1 aliphatic heterocycles. The maximum absolute atomic E-state index is 12.4. The van der Waals surface area contributed by atoms with Gasteiger partial charge in [0.05, 0.1) is 11.3 Å². The Balaban J connectivity index is 0.00000242. The van der Waals surface area contributed by atoms with E-state index in [2.05, 4.69) is 5.32 Å². The summed E-state index contributed by atoms with van der Waals surface area (Å²) in [5.41, 5.74) is 5.50. The minimum absolute atomic E-state index is 0. The molecule has 3 N–H and O–H groups in total. The van der Waals surface area contributed by atoms with E-state index in [0.717, 1.165) is 32.1 Å². The van der Waals surface area contributed by atoms with Crippen LogP contribution in [0.5, 0.6) is 0 Å². The lowest BCUT2D eigenvalue weighted by atomic mass is 9.81. The molecule has 1 amide bonds. The monoisotopic (exact) mass is 353 g/mol. The van der Waals surface area contributed by atoms with E-state index in [1.54, 1.807) is 6.92 Å². The number of hydrogen-bond acceptors (Lipinski definition) is 4. The SMILES string of the molecule is CCS(=O)(=O)N1CCC(NC(=O)C2(N)CCCCC2)CC1.Cl. The highest BCUT2D eigenvalue weighted by Crippen LogP contribution is 2.26. The first-order chi connectivity index (χ1) is 9.87. The summed E-state index contributed by atoms with van der Waals surface area (Å²) in [6.45, 7) is 2.63. The number of carbonyl (C=O) groups is 1. The Hall–Kier alpha value is -0.370. The molecule has 1 saturated carbocycles. The highest BCUT2D eigenvalue weighted by molar-refractivity contribution is 7.89. The molecule has 0 spiro atoms. The molecule has 1 aliphatic carbocycles. The van der Waals surface area contributed by atoms with Gasteiger partial charge in [-0.2, -0.15) is 0 Å². The van der Waals surface area contributed by atoms with Gasteiger partial charge in [0, 0.05) is 19.1 Å². The molecule has 0 aromatic heterocycles. The van der Waals surface area contributed by atoms with Gasteiger partial charge in [-0.05, 0) is 32.6 Å². The zero-order chi connectivity index (χ0) is 15.5. The van der Waals surface area contributed by atoms with E-state index in [0.29, 0.717) is 25.9 Å². The van der Waals surface area contributed by atoms with Crippen LogP contribution in [0, 0.1) is 0 Å². The molecule has 22 heavy (non-hydrogen) atoms. The summed E-state index contributed by atoms with van der Waals surface area (Å²) in [5.74, 6) is 0.0784. The van der Waals surface area contributed by atoms with E-state index in [1.165, 1.54) is 4.31 Å². The van der Waals surface area contributed by atoms with Gasteiger partial charge in [0.2, 0.25) is 15.9 Å². The van der Waals surface area contributed by atoms with Crippen molar-refractivity contribution < 1.29 is 13.2 Å². The summed E-state index contributed by atoms with van der Waals surface area (Å²) < 4.78 is 25.1. The Morgan fingerprint density at radius 1 is 1.23 bits per heavy atom. The third-order valence-corrected chi connectivity index (χ3v) is 6.63. The fraction of sp³-hybridized carbons (Fsp3) is 0.929. The van der Waals surface area contributed by atoms with Crippen molar-refractivity contribution in [1.29, 1.82) is 0 Å². The lowest BCUT2D eigenvalue weighted by Gasteiger charge is -2.36. The molecule has 0 radical (unpaired) electrons. The molecule has 0 aromatic carbocycles. The standard InChI is InChI=1S/C14H27N3O3S.ClH/c1-2-21(19,20)17-10-6-12(7-11-17)16-13(18)14(15)8-4-3-5-9-14;/h12H,2-11,15H2,1H3,(H,16,18);1H. The Bertz CT molecular complexity index is 470. The number of nitrogens with two attached hydrogens (primary N) is 1. The molecule has 0 unspecified atom stereocenters. The van der Waals surface area contributed by atoms with E-state index in [-0.39, 0.29) is 30.1 Å². The fourth-order valence-electron chi connectivity index (χ4n) is 3.20. The smallest absolute Gasteiger partial charge is 0.240 e. The van der Waals surface area contributed by atoms with Crippen molar-refractivity contribution in [3.8, 4) is 0 Å². The molecule has 0 atom stereocenters. The first-order valence-corrected chi connectivity index (χ1v) is 9.56. The van der Waals surface area contributed by atoms with Crippen LogP contribution in [0.2, 0.25) is 0 Å². The van der Waals surface area contributed by atoms with Crippen LogP contribution in [0.15, 0.2) is 0 Å². The first kappa shape index (κ1) is 19.7. The van der Waals surface area contributed by atoms with E-state index in [4.69, 9.17) is 5.73 Å². The van der Waals surface area contributed by atoms with Crippen LogP contribution in [0.25, 0.3) is 0 Å². The second-order valence-corrected chi connectivity index (χ2v) is 8.52. The van der Waals surface area contributed by atoms with Gasteiger partial charge >= 0.3 is 0 Å². The minimum atomic E-state index is -3.11. The van der Waals surface area contributed by atoms with Gasteiger partial charge < -0.3 is 11.1 Å². The van der Waals surface area contributed by atoms with Crippen LogP contribution >= 0.6 is 12.4 Å². The van der Waals surface area contributed by atoms with Gasteiger partial charge in [0.15, 0.2) is 0 Å². The quantitative estimate of drug-likeness (QED) is 0.788. The molecule has 130 valence electrons. The number of rotatable bonds is 4. The molecular weight excluding hydrogens is 326 g/mol. The van der Waals surface area contributed by atoms with Gasteiger partial charge in [0.25, 0.3) is 0 Å². The second-order valence-electron chi connectivity index (χ2n) is 6.26.